The molecule has 1 saturated heterocycles. The number of likely N-dealkylation sites (tertiary alicyclic amines) is 1. The Labute approximate surface area is 203 Å². The fraction of sp³-hybridized carbons (Fsp3) is 0.692. The number of hydrogen-bond donors (Lipinski definition) is 1. The average Bonchev–Trinajstić information content (AvgIpc) is 3.34. The third-order valence-electron chi connectivity index (χ3n) is 6.36. The zero-order valence-corrected chi connectivity index (χ0v) is 21.0. The van der Waals surface area contributed by atoms with Gasteiger partial charge in [-0.05, 0) is 50.0 Å². The Morgan fingerprint density at radius 1 is 1.06 bits per heavy atom. The van der Waals surface area contributed by atoms with Crippen LogP contribution >= 0.6 is 0 Å². The van der Waals surface area contributed by atoms with Crippen molar-refractivity contribution in [1.29, 1.82) is 0 Å². The first kappa shape index (κ1) is 26.1. The summed E-state index contributed by atoms with van der Waals surface area (Å²) in [5.41, 5.74) is 0.784. The molecule has 0 aromatic heterocycles. The number of carbonyl (C=O) groups is 2. The topological polar surface area (TPSA) is 80.3 Å². The highest BCUT2D eigenvalue weighted by atomic mass is 16.6. The first-order chi connectivity index (χ1) is 16.5. The second-order valence-corrected chi connectivity index (χ2v) is 9.45. The van der Waals surface area contributed by atoms with Crippen molar-refractivity contribution >= 4 is 12.0 Å². The highest BCUT2D eigenvalue weighted by molar-refractivity contribution is 5.76. The molecule has 0 saturated carbocycles. The Bertz CT molecular complexity index is 795. The van der Waals surface area contributed by atoms with Crippen LogP contribution in [0.1, 0.15) is 70.0 Å². The Hall–Kier alpha value is -2.48. The first-order valence-electron chi connectivity index (χ1n) is 12.8. The number of nitrogens with one attached hydrogen (secondary N) is 1. The summed E-state index contributed by atoms with van der Waals surface area (Å²) in [5, 5.41) is 3.21. The fourth-order valence-electron chi connectivity index (χ4n) is 4.46. The van der Waals surface area contributed by atoms with Crippen LogP contribution in [0.5, 0.6) is 11.5 Å². The molecule has 0 spiro atoms. The molecule has 190 valence electrons. The van der Waals surface area contributed by atoms with Gasteiger partial charge < -0.3 is 29.3 Å². The van der Waals surface area contributed by atoms with Crippen LogP contribution in [-0.2, 0) is 9.53 Å². The van der Waals surface area contributed by atoms with E-state index in [1.807, 2.05) is 18.2 Å². The predicted molar refractivity (Wildman–Crippen MR) is 131 cm³/mol. The van der Waals surface area contributed by atoms with E-state index >= 15 is 0 Å². The highest BCUT2D eigenvalue weighted by Crippen LogP contribution is 2.35. The molecule has 1 N–H and O–H groups in total. The largest absolute Gasteiger partial charge is 0.486 e. The maximum absolute atomic E-state index is 12.9. The van der Waals surface area contributed by atoms with E-state index in [1.165, 1.54) is 17.7 Å². The van der Waals surface area contributed by atoms with Crippen LogP contribution in [0.25, 0.3) is 0 Å². The summed E-state index contributed by atoms with van der Waals surface area (Å²) >= 11 is 0. The fourth-order valence-corrected chi connectivity index (χ4v) is 4.46. The lowest BCUT2D eigenvalue weighted by Gasteiger charge is -2.32. The van der Waals surface area contributed by atoms with Crippen LogP contribution < -0.4 is 14.8 Å². The van der Waals surface area contributed by atoms with Gasteiger partial charge in [-0.3, -0.25) is 4.79 Å². The van der Waals surface area contributed by atoms with Crippen LogP contribution in [0.15, 0.2) is 18.2 Å². The summed E-state index contributed by atoms with van der Waals surface area (Å²) in [6.07, 6.45) is 7.14. The summed E-state index contributed by atoms with van der Waals surface area (Å²) in [7, 11) is 3.32. The minimum atomic E-state index is -0.643. The van der Waals surface area contributed by atoms with E-state index in [1.54, 1.807) is 14.1 Å². The third kappa shape index (κ3) is 7.79. The lowest BCUT2D eigenvalue weighted by atomic mass is 10.00. The zero-order chi connectivity index (χ0) is 24.3. The number of amides is 2. The van der Waals surface area contributed by atoms with E-state index in [9.17, 15) is 9.59 Å². The summed E-state index contributed by atoms with van der Waals surface area (Å²) in [5.74, 6) is 1.32. The quantitative estimate of drug-likeness (QED) is 0.458. The number of rotatable bonds is 12. The van der Waals surface area contributed by atoms with Crippen molar-refractivity contribution in [2.24, 2.45) is 0 Å². The molecule has 34 heavy (non-hydrogen) atoms. The normalized spacial score (nSPS) is 17.1. The van der Waals surface area contributed by atoms with E-state index < -0.39 is 12.2 Å². The molecule has 8 heteroatoms. The molecule has 3 rings (SSSR count). The van der Waals surface area contributed by atoms with Gasteiger partial charge in [0.15, 0.2) is 17.6 Å². The molecule has 2 aliphatic rings. The van der Waals surface area contributed by atoms with Crippen LogP contribution in [0.4, 0.5) is 4.79 Å². The number of carbonyl (C=O) groups excluding carboxylic acids is 2. The maximum Gasteiger partial charge on any atom is 0.409 e. The Balaban J connectivity index is 1.79. The number of benzene rings is 1. The van der Waals surface area contributed by atoms with Gasteiger partial charge in [0.1, 0.15) is 13.2 Å². The van der Waals surface area contributed by atoms with Gasteiger partial charge in [-0.25, -0.2) is 4.79 Å². The van der Waals surface area contributed by atoms with Crippen LogP contribution in [-0.4, -0.2) is 74.8 Å². The molecule has 1 fully saturated rings. The van der Waals surface area contributed by atoms with Crippen LogP contribution in [0.2, 0.25) is 0 Å². The van der Waals surface area contributed by atoms with E-state index in [4.69, 9.17) is 14.2 Å². The summed E-state index contributed by atoms with van der Waals surface area (Å²) in [6, 6.07) is 5.25. The summed E-state index contributed by atoms with van der Waals surface area (Å²) in [6.45, 7) is 5.77. The molecule has 2 atom stereocenters. The van der Waals surface area contributed by atoms with Gasteiger partial charge in [0.05, 0.1) is 6.04 Å². The number of unbranched alkanes of at least 4 members (excludes halogenated alkanes) is 4. The molecule has 0 radical (unpaired) electrons. The van der Waals surface area contributed by atoms with Crippen molar-refractivity contribution in [2.45, 2.75) is 70.4 Å². The lowest BCUT2D eigenvalue weighted by Crippen LogP contribution is -2.48. The standard InChI is InChI=1S/C26H41N3O5/c1-4-5-6-7-8-11-24(30)27-21(19-29-14-9-10-15-29)25(34-26(31)28(2)3)20-12-13-22-23(18-20)33-17-16-32-22/h12-13,18,21,25H,4-11,14-17,19H2,1-3H3,(H,27,30)/t21-,25-/m1/s1. The first-order valence-corrected chi connectivity index (χ1v) is 12.8. The number of ether oxygens (including phenoxy) is 3. The summed E-state index contributed by atoms with van der Waals surface area (Å²) < 4.78 is 17.4. The van der Waals surface area contributed by atoms with Crippen molar-refractivity contribution in [2.75, 3.05) is 46.9 Å². The molecule has 1 aromatic carbocycles. The van der Waals surface area contributed by atoms with Gasteiger partial charge in [0.25, 0.3) is 0 Å². The average molecular weight is 476 g/mol. The van der Waals surface area contributed by atoms with Crippen molar-refractivity contribution in [1.82, 2.24) is 15.1 Å². The lowest BCUT2D eigenvalue weighted by molar-refractivity contribution is -0.123. The molecule has 8 nitrogen and oxygen atoms in total. The molecule has 1 aromatic rings. The molecule has 2 heterocycles. The second kappa shape index (κ2) is 13.4. The van der Waals surface area contributed by atoms with E-state index in [0.29, 0.717) is 37.7 Å². The monoisotopic (exact) mass is 475 g/mol. The Kier molecular flexibility index (Phi) is 10.3. The number of hydrogen-bond acceptors (Lipinski definition) is 6. The van der Waals surface area contributed by atoms with Gasteiger partial charge in [0, 0.05) is 27.1 Å². The van der Waals surface area contributed by atoms with Gasteiger partial charge in [-0.1, -0.05) is 38.7 Å². The Morgan fingerprint density at radius 2 is 1.76 bits per heavy atom. The number of fused-ring (bicyclic) bond motifs is 1. The third-order valence-corrected chi connectivity index (χ3v) is 6.36. The molecule has 0 unspecified atom stereocenters. The van der Waals surface area contributed by atoms with Crippen LogP contribution in [0.3, 0.4) is 0 Å². The molecule has 0 aliphatic carbocycles. The Morgan fingerprint density at radius 3 is 2.47 bits per heavy atom. The van der Waals surface area contributed by atoms with Crippen molar-refractivity contribution in [3.8, 4) is 11.5 Å². The zero-order valence-electron chi connectivity index (χ0n) is 21.0. The number of nitrogens with zero attached hydrogens (tertiary/aromatic N) is 2. The minimum absolute atomic E-state index is 0.00383. The molecular weight excluding hydrogens is 434 g/mol. The van der Waals surface area contributed by atoms with E-state index in [0.717, 1.165) is 50.8 Å². The van der Waals surface area contributed by atoms with Crippen LogP contribution in [0, 0.1) is 0 Å². The van der Waals surface area contributed by atoms with E-state index in [-0.39, 0.29) is 11.9 Å². The van der Waals surface area contributed by atoms with Crippen molar-refractivity contribution < 1.29 is 23.8 Å². The molecule has 2 amide bonds. The molecular formula is C26H41N3O5. The van der Waals surface area contributed by atoms with Crippen molar-refractivity contribution in [3.63, 3.8) is 0 Å². The second-order valence-electron chi connectivity index (χ2n) is 9.45. The minimum Gasteiger partial charge on any atom is -0.486 e. The SMILES string of the molecule is CCCCCCCC(=O)N[C@H](CN1CCCC1)[C@H](OC(=O)N(C)C)c1ccc2c(c1)OCCO2. The van der Waals surface area contributed by atoms with Gasteiger partial charge in [0.2, 0.25) is 5.91 Å². The maximum atomic E-state index is 12.9. The predicted octanol–water partition coefficient (Wildman–Crippen LogP) is 4.14. The van der Waals surface area contributed by atoms with Gasteiger partial charge in [-0.15, -0.1) is 0 Å². The molecule has 2 aliphatic heterocycles. The van der Waals surface area contributed by atoms with Gasteiger partial charge >= 0.3 is 6.09 Å². The van der Waals surface area contributed by atoms with E-state index in [2.05, 4.69) is 17.1 Å². The highest BCUT2D eigenvalue weighted by Gasteiger charge is 2.32. The smallest absolute Gasteiger partial charge is 0.409 e. The summed E-state index contributed by atoms with van der Waals surface area (Å²) in [4.78, 5) is 29.3. The molecule has 0 bridgehead atoms. The van der Waals surface area contributed by atoms with Crippen molar-refractivity contribution in [3.05, 3.63) is 23.8 Å². The van der Waals surface area contributed by atoms with Gasteiger partial charge in [-0.2, -0.15) is 0 Å².